The van der Waals surface area contributed by atoms with Crippen molar-refractivity contribution in [3.8, 4) is 0 Å². The Hall–Kier alpha value is -0.210. The fourth-order valence-electron chi connectivity index (χ4n) is 0.595. The zero-order chi connectivity index (χ0) is 10.1. The summed E-state index contributed by atoms with van der Waals surface area (Å²) in [7, 11) is -0.623. The summed E-state index contributed by atoms with van der Waals surface area (Å²) in [6.45, 7) is 0. The van der Waals surface area contributed by atoms with Crippen LogP contribution in [0, 0.1) is 0 Å². The van der Waals surface area contributed by atoms with Gasteiger partial charge in [-0.05, 0) is 7.05 Å². The fourth-order valence-corrected chi connectivity index (χ4v) is 2.97. The van der Waals surface area contributed by atoms with Gasteiger partial charge in [-0.25, -0.2) is 18.8 Å². The summed E-state index contributed by atoms with van der Waals surface area (Å²) in [5.41, 5.74) is 2.48. The Morgan fingerprint density at radius 1 is 1.69 bits per heavy atom. The van der Waals surface area contributed by atoms with Crippen molar-refractivity contribution in [2.45, 2.75) is 4.34 Å². The average Bonchev–Trinajstić information content (AvgIpc) is 2.50. The summed E-state index contributed by atoms with van der Waals surface area (Å²) >= 11 is 6.50. The Morgan fingerprint density at radius 2 is 2.31 bits per heavy atom. The molecule has 5 nitrogen and oxygen atoms in total. The topological polar surface area (TPSA) is 62.3 Å². The number of nitrogens with zero attached hydrogens (tertiary/aromatic N) is 2. The number of hydrogen-bond acceptors (Lipinski definition) is 5. The molecule has 0 spiro atoms. The first kappa shape index (κ1) is 10.9. The van der Waals surface area contributed by atoms with E-state index in [1.165, 1.54) is 19.5 Å². The van der Waals surface area contributed by atoms with E-state index in [2.05, 4.69) is 10.4 Å². The van der Waals surface area contributed by atoms with E-state index in [4.69, 9.17) is 11.6 Å². The van der Waals surface area contributed by atoms with Gasteiger partial charge in [0.25, 0.3) is 10.0 Å². The monoisotopic (exact) mass is 241 g/mol. The van der Waals surface area contributed by atoms with Gasteiger partial charge in [0, 0.05) is 12.4 Å². The number of halogens is 1. The molecule has 0 aliphatic rings. The van der Waals surface area contributed by atoms with Crippen molar-refractivity contribution in [2.24, 2.45) is 0 Å². The molecule has 1 N–H and O–H groups in total. The second kappa shape index (κ2) is 3.89. The molecule has 0 saturated heterocycles. The minimum absolute atomic E-state index is 0.0191. The second-order valence-corrected chi connectivity index (χ2v) is 5.52. The number of sulfonamides is 1. The minimum atomic E-state index is -3.52. The van der Waals surface area contributed by atoms with E-state index in [0.29, 0.717) is 0 Å². The van der Waals surface area contributed by atoms with Crippen molar-refractivity contribution in [3.63, 3.8) is 0 Å². The van der Waals surface area contributed by atoms with Gasteiger partial charge >= 0.3 is 0 Å². The molecule has 0 fully saturated rings. The fraction of sp³-hybridized carbons (Fsp3) is 0.400. The van der Waals surface area contributed by atoms with E-state index < -0.39 is 10.0 Å². The van der Waals surface area contributed by atoms with E-state index in [1.54, 1.807) is 0 Å². The standard InChI is InChI=1S/C5H8ClN3O2S2/c1-7-9(2)13(10,11)5-8-4(6)3-12-5/h3,7H,1-2H3. The van der Waals surface area contributed by atoms with Crippen molar-refractivity contribution >= 4 is 33.0 Å². The molecule has 1 aromatic heterocycles. The first-order chi connectivity index (χ1) is 5.98. The largest absolute Gasteiger partial charge is 0.282 e. The highest BCUT2D eigenvalue weighted by Gasteiger charge is 2.23. The zero-order valence-electron chi connectivity index (χ0n) is 6.98. The predicted molar refractivity (Wildman–Crippen MR) is 51.1 cm³/mol. The van der Waals surface area contributed by atoms with Crippen molar-refractivity contribution in [1.29, 1.82) is 0 Å². The molecule has 1 heterocycles. The molecule has 0 aromatic carbocycles. The van der Waals surface area contributed by atoms with Crippen LogP contribution in [0.15, 0.2) is 9.72 Å². The van der Waals surface area contributed by atoms with Crippen LogP contribution in [-0.2, 0) is 10.0 Å². The van der Waals surface area contributed by atoms with E-state index in [-0.39, 0.29) is 9.49 Å². The molecule has 0 saturated carbocycles. The van der Waals surface area contributed by atoms with Crippen LogP contribution in [-0.4, -0.2) is 31.9 Å². The molecule has 0 atom stereocenters. The summed E-state index contributed by atoms with van der Waals surface area (Å²) in [5.74, 6) is 0. The van der Waals surface area contributed by atoms with Crippen molar-refractivity contribution in [2.75, 3.05) is 14.1 Å². The van der Waals surface area contributed by atoms with Crippen molar-refractivity contribution in [1.82, 2.24) is 14.8 Å². The van der Waals surface area contributed by atoms with Crippen LogP contribution in [0.25, 0.3) is 0 Å². The van der Waals surface area contributed by atoms with Crippen LogP contribution < -0.4 is 5.43 Å². The number of hydrazine groups is 1. The first-order valence-corrected chi connectivity index (χ1v) is 5.95. The number of thiazole rings is 1. The molecule has 0 aliphatic heterocycles. The quantitative estimate of drug-likeness (QED) is 0.786. The summed E-state index contributed by atoms with van der Waals surface area (Å²) in [4.78, 5) is 3.67. The van der Waals surface area contributed by atoms with Crippen LogP contribution >= 0.6 is 22.9 Å². The van der Waals surface area contributed by atoms with E-state index >= 15 is 0 Å². The van der Waals surface area contributed by atoms with Gasteiger partial charge < -0.3 is 0 Å². The molecule has 74 valence electrons. The van der Waals surface area contributed by atoms with Gasteiger partial charge in [-0.3, -0.25) is 0 Å². The molecule has 1 rings (SSSR count). The molecule has 0 radical (unpaired) electrons. The molecular weight excluding hydrogens is 234 g/mol. The van der Waals surface area contributed by atoms with Gasteiger partial charge in [0.05, 0.1) is 0 Å². The predicted octanol–water partition coefficient (Wildman–Crippen LogP) is 0.551. The van der Waals surface area contributed by atoms with E-state index in [9.17, 15) is 8.42 Å². The third-order valence-corrected chi connectivity index (χ3v) is 4.67. The normalized spacial score (nSPS) is 12.3. The van der Waals surface area contributed by atoms with Crippen LogP contribution in [0.4, 0.5) is 0 Å². The summed E-state index contributed by atoms with van der Waals surface area (Å²) in [6, 6.07) is 0. The van der Waals surface area contributed by atoms with E-state index in [1.807, 2.05) is 0 Å². The Kier molecular flexibility index (Phi) is 3.25. The van der Waals surface area contributed by atoms with Crippen LogP contribution in [0.1, 0.15) is 0 Å². The van der Waals surface area contributed by atoms with Gasteiger partial charge in [-0.1, -0.05) is 11.6 Å². The molecule has 0 amide bonds. The maximum absolute atomic E-state index is 11.5. The number of rotatable bonds is 3. The van der Waals surface area contributed by atoms with Crippen LogP contribution in [0.5, 0.6) is 0 Å². The lowest BCUT2D eigenvalue weighted by atomic mass is 11.0. The van der Waals surface area contributed by atoms with Gasteiger partial charge in [-0.15, -0.1) is 15.8 Å². The van der Waals surface area contributed by atoms with E-state index in [0.717, 1.165) is 15.8 Å². The summed E-state index contributed by atoms with van der Waals surface area (Å²) in [6.07, 6.45) is 0. The molecule has 8 heteroatoms. The van der Waals surface area contributed by atoms with Gasteiger partial charge in [-0.2, -0.15) is 0 Å². The van der Waals surface area contributed by atoms with Crippen molar-refractivity contribution in [3.05, 3.63) is 10.5 Å². The second-order valence-electron chi connectivity index (χ2n) is 2.13. The van der Waals surface area contributed by atoms with Crippen LogP contribution in [0.3, 0.4) is 0 Å². The SMILES string of the molecule is CNN(C)S(=O)(=O)c1nc(Cl)cs1. The highest BCUT2D eigenvalue weighted by molar-refractivity contribution is 7.91. The Balaban J connectivity index is 3.08. The Morgan fingerprint density at radius 3 is 2.69 bits per heavy atom. The molecule has 1 aromatic rings. The lowest BCUT2D eigenvalue weighted by molar-refractivity contribution is 0.403. The molecule has 0 aliphatic carbocycles. The Labute approximate surface area is 85.4 Å². The number of nitrogens with one attached hydrogen (secondary N) is 1. The van der Waals surface area contributed by atoms with Gasteiger partial charge in [0.1, 0.15) is 5.15 Å². The van der Waals surface area contributed by atoms with Crippen LogP contribution in [0.2, 0.25) is 5.15 Å². The first-order valence-electron chi connectivity index (χ1n) is 3.26. The molecule has 0 bridgehead atoms. The summed E-state index contributed by atoms with van der Waals surface area (Å²) in [5, 5.41) is 1.66. The third kappa shape index (κ3) is 2.18. The molecule has 13 heavy (non-hydrogen) atoms. The highest BCUT2D eigenvalue weighted by atomic mass is 35.5. The minimum Gasteiger partial charge on any atom is -0.244 e. The van der Waals surface area contributed by atoms with Gasteiger partial charge in [0.2, 0.25) is 4.34 Å². The number of hydrogen-bond donors (Lipinski definition) is 1. The summed E-state index contributed by atoms with van der Waals surface area (Å²) < 4.78 is 24.0. The molecular formula is C5H8ClN3O2S2. The van der Waals surface area contributed by atoms with Gasteiger partial charge in [0.15, 0.2) is 0 Å². The lowest BCUT2D eigenvalue weighted by Gasteiger charge is -2.12. The number of aromatic nitrogens is 1. The highest BCUT2D eigenvalue weighted by Crippen LogP contribution is 2.20. The third-order valence-electron chi connectivity index (χ3n) is 1.35. The maximum Gasteiger partial charge on any atom is 0.282 e. The van der Waals surface area contributed by atoms with Crippen molar-refractivity contribution < 1.29 is 8.42 Å². The smallest absolute Gasteiger partial charge is 0.244 e. The zero-order valence-corrected chi connectivity index (χ0v) is 9.37. The average molecular weight is 242 g/mol. The molecule has 0 unspecified atom stereocenters. The maximum atomic E-state index is 11.5. The Bertz CT molecular complexity index is 388. The lowest BCUT2D eigenvalue weighted by Crippen LogP contribution is -2.36.